The molecule has 8 heteroatoms. The third-order valence-corrected chi connectivity index (χ3v) is 7.12. The summed E-state index contributed by atoms with van der Waals surface area (Å²) in [5.41, 5.74) is 3.01. The van der Waals surface area contributed by atoms with Crippen LogP contribution in [0.25, 0.3) is 0 Å². The van der Waals surface area contributed by atoms with Crippen LogP contribution >= 0.6 is 0 Å². The summed E-state index contributed by atoms with van der Waals surface area (Å²) < 4.78 is 5.41. The van der Waals surface area contributed by atoms with Crippen LogP contribution in [0.15, 0.2) is 48.8 Å². The van der Waals surface area contributed by atoms with Gasteiger partial charge < -0.3 is 19.9 Å². The minimum atomic E-state index is -0.479. The first kappa shape index (κ1) is 25.3. The summed E-state index contributed by atoms with van der Waals surface area (Å²) in [5.74, 6) is -0.0782. The van der Waals surface area contributed by atoms with Crippen molar-refractivity contribution in [1.29, 1.82) is 0 Å². The van der Waals surface area contributed by atoms with Crippen LogP contribution in [0.3, 0.4) is 0 Å². The van der Waals surface area contributed by atoms with Crippen LogP contribution in [0.5, 0.6) is 0 Å². The zero-order chi connectivity index (χ0) is 24.6. The van der Waals surface area contributed by atoms with Gasteiger partial charge in [0.2, 0.25) is 5.91 Å². The molecule has 188 valence electrons. The van der Waals surface area contributed by atoms with Crippen LogP contribution < -0.4 is 5.32 Å². The predicted octanol–water partition coefficient (Wildman–Crippen LogP) is 1.94. The molecule has 0 bridgehead atoms. The molecule has 2 aromatic rings. The molecule has 0 aliphatic carbocycles. The maximum Gasteiger partial charge on any atom is 0.256 e. The fraction of sp³-hybridized carbons (Fsp3) is 0.519. The van der Waals surface area contributed by atoms with Crippen LogP contribution in [-0.2, 0) is 16.1 Å². The Morgan fingerprint density at radius 3 is 2.80 bits per heavy atom. The Morgan fingerprint density at radius 1 is 1.17 bits per heavy atom. The van der Waals surface area contributed by atoms with Gasteiger partial charge in [-0.25, -0.2) is 0 Å². The lowest BCUT2D eigenvalue weighted by Gasteiger charge is -2.29. The standard InChI is InChI=1S/C27H37N5O3/c1-21-7-3-4-8-23(21)19-31(15-16-35-2)24-17-25(27(34)30-13-6-11-28-12-14-30)32(20-24)26(33)22-9-5-10-29-18-22/h3-5,7-10,18,24-25,28H,6,11-17,19-20H2,1-2H3. The number of likely N-dealkylation sites (tertiary alicyclic amines) is 1. The molecule has 2 atom stereocenters. The minimum absolute atomic E-state index is 0.0519. The maximum absolute atomic E-state index is 13.7. The molecular weight excluding hydrogens is 442 g/mol. The average Bonchev–Trinajstić information content (AvgIpc) is 3.14. The normalized spacial score (nSPS) is 20.8. The van der Waals surface area contributed by atoms with Gasteiger partial charge in [-0.15, -0.1) is 0 Å². The largest absolute Gasteiger partial charge is 0.383 e. The summed E-state index contributed by atoms with van der Waals surface area (Å²) >= 11 is 0. The summed E-state index contributed by atoms with van der Waals surface area (Å²) in [6.07, 6.45) is 4.78. The third kappa shape index (κ3) is 6.25. The van der Waals surface area contributed by atoms with Crippen LogP contribution in [0.1, 0.15) is 34.3 Å². The molecule has 0 saturated carbocycles. The van der Waals surface area contributed by atoms with Crippen molar-refractivity contribution in [3.8, 4) is 0 Å². The minimum Gasteiger partial charge on any atom is -0.383 e. The van der Waals surface area contributed by atoms with Crippen LogP contribution in [0.2, 0.25) is 0 Å². The van der Waals surface area contributed by atoms with E-state index in [-0.39, 0.29) is 17.9 Å². The molecule has 2 saturated heterocycles. The van der Waals surface area contributed by atoms with Crippen molar-refractivity contribution in [2.75, 3.05) is 53.0 Å². The van der Waals surface area contributed by atoms with Crippen molar-refractivity contribution in [2.45, 2.75) is 38.4 Å². The van der Waals surface area contributed by atoms with Crippen LogP contribution in [-0.4, -0.2) is 96.6 Å². The number of hydrogen-bond donors (Lipinski definition) is 1. The molecule has 35 heavy (non-hydrogen) atoms. The van der Waals surface area contributed by atoms with Gasteiger partial charge in [-0.2, -0.15) is 0 Å². The molecule has 1 N–H and O–H groups in total. The van der Waals surface area contributed by atoms with Crippen molar-refractivity contribution in [2.24, 2.45) is 0 Å². The molecule has 2 aliphatic heterocycles. The van der Waals surface area contributed by atoms with E-state index >= 15 is 0 Å². The fourth-order valence-electron chi connectivity index (χ4n) is 5.07. The summed E-state index contributed by atoms with van der Waals surface area (Å²) in [5, 5.41) is 3.36. The highest BCUT2D eigenvalue weighted by Gasteiger charge is 2.43. The molecule has 3 heterocycles. The molecule has 0 spiro atoms. The maximum atomic E-state index is 13.7. The number of ether oxygens (including phenoxy) is 1. The first-order valence-electron chi connectivity index (χ1n) is 12.6. The molecular formula is C27H37N5O3. The Morgan fingerprint density at radius 2 is 2.03 bits per heavy atom. The van der Waals surface area contributed by atoms with Crippen molar-refractivity contribution in [1.82, 2.24) is 25.0 Å². The monoisotopic (exact) mass is 479 g/mol. The Kier molecular flexibility index (Phi) is 8.84. The molecule has 4 rings (SSSR count). The quantitative estimate of drug-likeness (QED) is 0.624. The van der Waals surface area contributed by atoms with E-state index in [2.05, 4.69) is 40.3 Å². The molecule has 2 fully saturated rings. The van der Waals surface area contributed by atoms with Crippen LogP contribution in [0, 0.1) is 6.92 Å². The highest BCUT2D eigenvalue weighted by Crippen LogP contribution is 2.27. The van der Waals surface area contributed by atoms with Gasteiger partial charge in [0.25, 0.3) is 5.91 Å². The number of amides is 2. The van der Waals surface area contributed by atoms with Gasteiger partial charge in [-0.05, 0) is 49.6 Å². The van der Waals surface area contributed by atoms with Gasteiger partial charge in [-0.1, -0.05) is 24.3 Å². The van der Waals surface area contributed by atoms with Crippen molar-refractivity contribution >= 4 is 11.8 Å². The predicted molar refractivity (Wildman–Crippen MR) is 135 cm³/mol. The van der Waals surface area contributed by atoms with Gasteiger partial charge in [0, 0.05) is 64.8 Å². The number of nitrogens with zero attached hydrogens (tertiary/aromatic N) is 4. The van der Waals surface area contributed by atoms with Gasteiger partial charge >= 0.3 is 0 Å². The lowest BCUT2D eigenvalue weighted by molar-refractivity contribution is -0.135. The molecule has 2 aliphatic rings. The Balaban J connectivity index is 1.59. The van der Waals surface area contributed by atoms with Crippen LogP contribution in [0.4, 0.5) is 0 Å². The van der Waals surface area contributed by atoms with Gasteiger partial charge in [0.15, 0.2) is 0 Å². The zero-order valence-electron chi connectivity index (χ0n) is 20.9. The summed E-state index contributed by atoms with van der Waals surface area (Å²) in [4.78, 5) is 37.5. The number of aryl methyl sites for hydroxylation is 1. The number of nitrogens with one attached hydrogen (secondary N) is 1. The fourth-order valence-corrected chi connectivity index (χ4v) is 5.07. The molecule has 0 radical (unpaired) electrons. The molecule has 1 aromatic heterocycles. The van der Waals surface area contributed by atoms with Gasteiger partial charge in [0.05, 0.1) is 12.2 Å². The Bertz CT molecular complexity index is 978. The van der Waals surface area contributed by atoms with Crippen molar-refractivity contribution in [3.63, 3.8) is 0 Å². The van der Waals surface area contributed by atoms with Crippen molar-refractivity contribution < 1.29 is 14.3 Å². The smallest absolute Gasteiger partial charge is 0.256 e. The highest BCUT2D eigenvalue weighted by molar-refractivity contribution is 5.97. The Hall–Kier alpha value is -2.81. The first-order chi connectivity index (χ1) is 17.1. The number of aromatic nitrogens is 1. The lowest BCUT2D eigenvalue weighted by Crippen LogP contribution is -2.48. The Labute approximate surface area is 208 Å². The second-order valence-corrected chi connectivity index (χ2v) is 9.42. The zero-order valence-corrected chi connectivity index (χ0v) is 20.9. The van der Waals surface area contributed by atoms with E-state index in [1.807, 2.05) is 11.0 Å². The number of pyridine rings is 1. The number of benzene rings is 1. The topological polar surface area (TPSA) is 78.0 Å². The van der Waals surface area contributed by atoms with E-state index in [0.717, 1.165) is 39.1 Å². The SMILES string of the molecule is COCCN(Cc1ccccc1C)C1CC(C(=O)N2CCCNCC2)N(C(=O)c2cccnc2)C1. The van der Waals surface area contributed by atoms with E-state index in [4.69, 9.17) is 4.74 Å². The highest BCUT2D eigenvalue weighted by atomic mass is 16.5. The second kappa shape index (κ2) is 12.2. The number of carbonyl (C=O) groups is 2. The summed E-state index contributed by atoms with van der Waals surface area (Å²) in [7, 11) is 1.71. The van der Waals surface area contributed by atoms with E-state index in [9.17, 15) is 9.59 Å². The number of methoxy groups -OCH3 is 1. The van der Waals surface area contributed by atoms with E-state index in [1.165, 1.54) is 11.1 Å². The number of carbonyl (C=O) groups excluding carboxylic acids is 2. The van der Waals surface area contributed by atoms with E-state index in [1.54, 1.807) is 36.5 Å². The molecule has 8 nitrogen and oxygen atoms in total. The van der Waals surface area contributed by atoms with Gasteiger partial charge in [-0.3, -0.25) is 19.5 Å². The molecule has 2 amide bonds. The molecule has 2 unspecified atom stereocenters. The summed E-state index contributed by atoms with van der Waals surface area (Å²) in [6, 6.07) is 11.5. The lowest BCUT2D eigenvalue weighted by atomic mass is 10.1. The van der Waals surface area contributed by atoms with Crippen molar-refractivity contribution in [3.05, 3.63) is 65.5 Å². The number of rotatable bonds is 8. The summed E-state index contributed by atoms with van der Waals surface area (Å²) in [6.45, 7) is 7.80. The second-order valence-electron chi connectivity index (χ2n) is 9.42. The van der Waals surface area contributed by atoms with E-state index < -0.39 is 6.04 Å². The first-order valence-corrected chi connectivity index (χ1v) is 12.6. The van der Waals surface area contributed by atoms with Gasteiger partial charge in [0.1, 0.15) is 6.04 Å². The number of hydrogen-bond acceptors (Lipinski definition) is 6. The molecule has 1 aromatic carbocycles. The third-order valence-electron chi connectivity index (χ3n) is 7.12. The average molecular weight is 480 g/mol. The van der Waals surface area contributed by atoms with E-state index in [0.29, 0.717) is 31.7 Å².